The molecule has 1 unspecified atom stereocenters. The molecule has 1 heterocycles. The van der Waals surface area contributed by atoms with Crippen LogP contribution in [0.2, 0.25) is 0 Å². The first-order valence-electron chi connectivity index (χ1n) is 11.3. The fraction of sp³-hybridized carbons (Fsp3) is 0.0714. The largest absolute Gasteiger partial charge is 0.478 e. The number of carbonyl (C=O) groups is 2. The minimum atomic E-state index is -4.17. The van der Waals surface area contributed by atoms with Gasteiger partial charge < -0.3 is 5.11 Å². The third-order valence-electron chi connectivity index (χ3n) is 6.18. The van der Waals surface area contributed by atoms with Crippen molar-refractivity contribution in [3.63, 3.8) is 0 Å². The maximum absolute atomic E-state index is 13.7. The molecule has 8 heteroatoms. The van der Waals surface area contributed by atoms with Crippen molar-refractivity contribution in [1.82, 2.24) is 4.31 Å². The Morgan fingerprint density at radius 1 is 0.778 bits per heavy atom. The zero-order valence-electron chi connectivity index (χ0n) is 19.1. The normalized spacial score (nSPS) is 15.8. The van der Waals surface area contributed by atoms with Crippen LogP contribution in [0.4, 0.5) is 10.5 Å². The Balaban J connectivity index is 1.68. The number of benzene rings is 4. The Morgan fingerprint density at radius 2 is 1.36 bits per heavy atom. The smallest absolute Gasteiger partial charge is 0.339 e. The summed E-state index contributed by atoms with van der Waals surface area (Å²) in [5.74, 6) is -1.16. The van der Waals surface area contributed by atoms with Gasteiger partial charge in [0.2, 0.25) is 0 Å². The van der Waals surface area contributed by atoms with Gasteiger partial charge in [0.15, 0.2) is 0 Å². The van der Waals surface area contributed by atoms with Gasteiger partial charge in [-0.3, -0.25) is 4.90 Å². The number of aromatic carboxylic acids is 1. The van der Waals surface area contributed by atoms with Crippen molar-refractivity contribution in [1.29, 1.82) is 0 Å². The minimum absolute atomic E-state index is 0.00683. The molecule has 180 valence electrons. The molecule has 0 spiro atoms. The zero-order valence-corrected chi connectivity index (χ0v) is 19.9. The van der Waals surface area contributed by atoms with Crippen LogP contribution in [-0.4, -0.2) is 36.4 Å². The number of sulfonamides is 1. The lowest BCUT2D eigenvalue weighted by molar-refractivity contribution is 0.0695. The van der Waals surface area contributed by atoms with E-state index in [9.17, 15) is 23.1 Å². The zero-order chi connectivity index (χ0) is 25.3. The Kier molecular flexibility index (Phi) is 6.03. The highest BCUT2D eigenvalue weighted by Gasteiger charge is 2.46. The van der Waals surface area contributed by atoms with Gasteiger partial charge >= 0.3 is 12.0 Å². The van der Waals surface area contributed by atoms with Gasteiger partial charge in [0, 0.05) is 5.69 Å². The lowest BCUT2D eigenvalue weighted by Gasteiger charge is -2.25. The first kappa shape index (κ1) is 23.3. The average Bonchev–Trinajstić information content (AvgIpc) is 3.27. The summed E-state index contributed by atoms with van der Waals surface area (Å²) in [7, 11) is -4.17. The highest BCUT2D eigenvalue weighted by Crippen LogP contribution is 2.39. The number of rotatable bonds is 6. The number of hydrogen-bond donors (Lipinski definition) is 1. The molecule has 0 saturated carbocycles. The molecule has 0 bridgehead atoms. The molecular formula is C28H22N2O5S. The Hall–Kier alpha value is -4.43. The monoisotopic (exact) mass is 498 g/mol. The maximum Gasteiger partial charge on any atom is 0.339 e. The molecule has 36 heavy (non-hydrogen) atoms. The molecule has 1 aliphatic heterocycles. The predicted octanol–water partition coefficient (Wildman–Crippen LogP) is 5.42. The molecule has 0 aliphatic carbocycles. The van der Waals surface area contributed by atoms with Crippen LogP contribution in [0.25, 0.3) is 11.1 Å². The van der Waals surface area contributed by atoms with E-state index in [0.29, 0.717) is 11.3 Å². The number of para-hydroxylation sites is 1. The van der Waals surface area contributed by atoms with E-state index in [0.717, 1.165) is 15.4 Å². The Labute approximate surface area is 208 Å². The third kappa shape index (κ3) is 4.12. The topological polar surface area (TPSA) is 95.0 Å². The quantitative estimate of drug-likeness (QED) is 0.383. The summed E-state index contributed by atoms with van der Waals surface area (Å²) in [6.45, 7) is -0.233. The Morgan fingerprint density at radius 3 is 1.97 bits per heavy atom. The molecular weight excluding hydrogens is 476 g/mol. The van der Waals surface area contributed by atoms with Crippen molar-refractivity contribution in [2.45, 2.75) is 10.9 Å². The van der Waals surface area contributed by atoms with E-state index >= 15 is 0 Å². The van der Waals surface area contributed by atoms with Crippen LogP contribution >= 0.6 is 0 Å². The SMILES string of the molecule is O=C(O)c1ccc(-c2ccccc2)cc1C1CN(S(=O)(=O)c2ccccc2)C(=O)N1c1ccccc1. The molecule has 4 aromatic rings. The lowest BCUT2D eigenvalue weighted by atomic mass is 9.94. The standard InChI is InChI=1S/C28H22N2O5S/c31-27(32)24-17-16-21(20-10-4-1-5-11-20)18-25(24)26-19-29(36(34,35)23-14-8-3-9-15-23)28(33)30(26)22-12-6-2-7-13-22/h1-18,26H,19H2,(H,31,32). The van der Waals surface area contributed by atoms with Crippen LogP contribution < -0.4 is 4.90 Å². The number of anilines is 1. The van der Waals surface area contributed by atoms with E-state index < -0.39 is 28.1 Å². The van der Waals surface area contributed by atoms with Crippen LogP contribution in [0.15, 0.2) is 114 Å². The number of hydrogen-bond acceptors (Lipinski definition) is 4. The molecule has 0 aromatic heterocycles. The summed E-state index contributed by atoms with van der Waals surface area (Å²) in [4.78, 5) is 27.2. The van der Waals surface area contributed by atoms with Crippen molar-refractivity contribution < 1.29 is 23.1 Å². The Bertz CT molecular complexity index is 1520. The molecule has 4 aromatic carbocycles. The van der Waals surface area contributed by atoms with Gasteiger partial charge in [0.25, 0.3) is 10.0 Å². The second-order valence-electron chi connectivity index (χ2n) is 8.33. The second-order valence-corrected chi connectivity index (χ2v) is 10.2. The van der Waals surface area contributed by atoms with Gasteiger partial charge in [-0.15, -0.1) is 0 Å². The van der Waals surface area contributed by atoms with Gasteiger partial charge in [0.05, 0.1) is 23.0 Å². The molecule has 1 aliphatic rings. The summed E-state index contributed by atoms with van der Waals surface area (Å²) < 4.78 is 27.8. The minimum Gasteiger partial charge on any atom is -0.478 e. The number of carboxylic acids is 1. The molecule has 1 atom stereocenters. The maximum atomic E-state index is 13.7. The number of urea groups is 1. The number of carbonyl (C=O) groups excluding carboxylic acids is 1. The first-order chi connectivity index (χ1) is 17.4. The number of carboxylic acid groups (broad SMARTS) is 1. The van der Waals surface area contributed by atoms with Gasteiger partial charge in [-0.1, -0.05) is 72.8 Å². The van der Waals surface area contributed by atoms with Crippen molar-refractivity contribution in [3.8, 4) is 11.1 Å². The average molecular weight is 499 g/mol. The van der Waals surface area contributed by atoms with Crippen LogP contribution in [-0.2, 0) is 10.0 Å². The van der Waals surface area contributed by atoms with E-state index in [1.807, 2.05) is 30.3 Å². The fourth-order valence-corrected chi connectivity index (χ4v) is 5.84. The van der Waals surface area contributed by atoms with Gasteiger partial charge in [-0.05, 0) is 53.1 Å². The summed E-state index contributed by atoms with van der Waals surface area (Å²) in [5.41, 5.74) is 2.47. The van der Waals surface area contributed by atoms with E-state index in [4.69, 9.17) is 0 Å². The number of nitrogens with zero attached hydrogens (tertiary/aromatic N) is 2. The van der Waals surface area contributed by atoms with Crippen LogP contribution in [0.5, 0.6) is 0 Å². The second kappa shape index (κ2) is 9.31. The highest BCUT2D eigenvalue weighted by atomic mass is 32.2. The van der Waals surface area contributed by atoms with Crippen molar-refractivity contribution in [2.75, 3.05) is 11.4 Å². The third-order valence-corrected chi connectivity index (χ3v) is 7.94. The van der Waals surface area contributed by atoms with Gasteiger partial charge in [-0.2, -0.15) is 0 Å². The summed E-state index contributed by atoms with van der Waals surface area (Å²) in [6, 6.07) is 29.2. The summed E-state index contributed by atoms with van der Waals surface area (Å²) in [6.07, 6.45) is 0. The molecule has 5 rings (SSSR count). The van der Waals surface area contributed by atoms with Crippen molar-refractivity contribution in [3.05, 3.63) is 120 Å². The first-order valence-corrected chi connectivity index (χ1v) is 12.7. The van der Waals surface area contributed by atoms with Gasteiger partial charge in [0.1, 0.15) is 0 Å². The molecule has 2 amide bonds. The van der Waals surface area contributed by atoms with E-state index in [1.165, 1.54) is 23.1 Å². The lowest BCUT2D eigenvalue weighted by Crippen LogP contribution is -2.36. The molecule has 1 saturated heterocycles. The van der Waals surface area contributed by atoms with E-state index in [-0.39, 0.29) is 17.0 Å². The molecule has 1 N–H and O–H groups in total. The molecule has 7 nitrogen and oxygen atoms in total. The van der Waals surface area contributed by atoms with Crippen LogP contribution in [0.1, 0.15) is 22.0 Å². The van der Waals surface area contributed by atoms with Crippen molar-refractivity contribution >= 4 is 27.7 Å². The van der Waals surface area contributed by atoms with Crippen LogP contribution in [0.3, 0.4) is 0 Å². The fourth-order valence-electron chi connectivity index (χ4n) is 4.45. The van der Waals surface area contributed by atoms with E-state index in [1.54, 1.807) is 60.7 Å². The molecule has 0 radical (unpaired) electrons. The summed E-state index contributed by atoms with van der Waals surface area (Å²) >= 11 is 0. The predicted molar refractivity (Wildman–Crippen MR) is 136 cm³/mol. The van der Waals surface area contributed by atoms with Crippen molar-refractivity contribution in [2.24, 2.45) is 0 Å². The molecule has 1 fully saturated rings. The highest BCUT2D eigenvalue weighted by molar-refractivity contribution is 7.89. The number of amides is 2. The van der Waals surface area contributed by atoms with Crippen LogP contribution in [0, 0.1) is 0 Å². The summed E-state index contributed by atoms with van der Waals surface area (Å²) in [5, 5.41) is 9.98. The van der Waals surface area contributed by atoms with Gasteiger partial charge in [-0.25, -0.2) is 22.3 Å². The van der Waals surface area contributed by atoms with E-state index in [2.05, 4.69) is 0 Å².